The quantitative estimate of drug-likeness (QED) is 0.592. The summed E-state index contributed by atoms with van der Waals surface area (Å²) in [4.78, 5) is 19.1. The zero-order valence-electron chi connectivity index (χ0n) is 14.0. The molecule has 0 unspecified atom stereocenters. The summed E-state index contributed by atoms with van der Waals surface area (Å²) in [5.74, 6) is 1.04. The second kappa shape index (κ2) is 7.58. The van der Waals surface area contributed by atoms with Gasteiger partial charge in [-0.25, -0.2) is 4.98 Å². The number of para-hydroxylation sites is 1. The van der Waals surface area contributed by atoms with Gasteiger partial charge in [-0.05, 0) is 49.1 Å². The number of piperidine rings is 1. The molecule has 3 aromatic rings. The number of benzene rings is 2. The lowest BCUT2D eigenvalue weighted by molar-refractivity contribution is 0.0724. The first-order valence-corrected chi connectivity index (χ1v) is 10.5. The van der Waals surface area contributed by atoms with E-state index in [-0.39, 0.29) is 5.91 Å². The van der Waals surface area contributed by atoms with Crippen molar-refractivity contribution in [3.63, 3.8) is 0 Å². The molecule has 0 N–H and O–H groups in total. The number of amides is 1. The monoisotopic (exact) mass is 368 g/mol. The average Bonchev–Trinajstić information content (AvgIpc) is 3.10. The van der Waals surface area contributed by atoms with Crippen LogP contribution in [-0.4, -0.2) is 28.9 Å². The van der Waals surface area contributed by atoms with Crippen LogP contribution in [0, 0.1) is 0 Å². The molecule has 0 aliphatic carbocycles. The van der Waals surface area contributed by atoms with Crippen LogP contribution in [0.5, 0.6) is 0 Å². The maximum Gasteiger partial charge on any atom is 0.253 e. The molecule has 2 heterocycles. The molecule has 128 valence electrons. The maximum atomic E-state index is 12.5. The minimum atomic E-state index is 0.171. The summed E-state index contributed by atoms with van der Waals surface area (Å²) in [5.41, 5.74) is 3.09. The standard InChI is InChI=1S/C20H20N2OS2/c23-19(22-12-4-1-5-13-22)16-10-8-15(9-11-16)14-24-20-21-17-6-2-3-7-18(17)25-20/h2-3,6-11H,1,4-5,12-14H2. The number of likely N-dealkylation sites (tertiary alicyclic amines) is 1. The second-order valence-electron chi connectivity index (χ2n) is 6.29. The van der Waals surface area contributed by atoms with Gasteiger partial charge in [0.15, 0.2) is 4.34 Å². The van der Waals surface area contributed by atoms with Crippen molar-refractivity contribution in [3.8, 4) is 0 Å². The Labute approximate surface area is 156 Å². The molecule has 2 aromatic carbocycles. The highest BCUT2D eigenvalue weighted by Gasteiger charge is 2.17. The van der Waals surface area contributed by atoms with Crippen molar-refractivity contribution in [2.75, 3.05) is 13.1 Å². The summed E-state index contributed by atoms with van der Waals surface area (Å²) >= 11 is 3.49. The predicted octanol–water partition coefficient (Wildman–Crippen LogP) is 5.21. The Morgan fingerprint density at radius 1 is 1.04 bits per heavy atom. The lowest BCUT2D eigenvalue weighted by Crippen LogP contribution is -2.35. The molecule has 1 saturated heterocycles. The maximum absolute atomic E-state index is 12.5. The molecule has 0 atom stereocenters. The molecule has 1 aliphatic rings. The molecule has 0 radical (unpaired) electrons. The molecule has 1 amide bonds. The summed E-state index contributed by atoms with van der Waals surface area (Å²) in [6, 6.07) is 16.3. The normalized spacial score (nSPS) is 14.8. The van der Waals surface area contributed by atoms with Gasteiger partial charge in [-0.15, -0.1) is 11.3 Å². The van der Waals surface area contributed by atoms with Gasteiger partial charge < -0.3 is 4.90 Å². The van der Waals surface area contributed by atoms with Crippen LogP contribution in [0.25, 0.3) is 10.2 Å². The van der Waals surface area contributed by atoms with E-state index in [1.165, 1.54) is 16.7 Å². The highest BCUT2D eigenvalue weighted by molar-refractivity contribution is 8.00. The SMILES string of the molecule is O=C(c1ccc(CSc2nc3ccccc3s2)cc1)N1CCCCC1. The average molecular weight is 369 g/mol. The molecule has 0 spiro atoms. The summed E-state index contributed by atoms with van der Waals surface area (Å²) in [6.45, 7) is 1.79. The van der Waals surface area contributed by atoms with Gasteiger partial charge in [0.05, 0.1) is 10.2 Å². The van der Waals surface area contributed by atoms with Crippen LogP contribution in [0.2, 0.25) is 0 Å². The van der Waals surface area contributed by atoms with E-state index in [0.29, 0.717) is 0 Å². The first-order valence-electron chi connectivity index (χ1n) is 8.66. The minimum absolute atomic E-state index is 0.171. The van der Waals surface area contributed by atoms with E-state index in [2.05, 4.69) is 29.2 Å². The van der Waals surface area contributed by atoms with E-state index in [1.807, 2.05) is 29.2 Å². The number of rotatable bonds is 4. The largest absolute Gasteiger partial charge is 0.339 e. The zero-order chi connectivity index (χ0) is 17.1. The highest BCUT2D eigenvalue weighted by Crippen LogP contribution is 2.31. The number of thioether (sulfide) groups is 1. The number of carbonyl (C=O) groups excluding carboxylic acids is 1. The van der Waals surface area contributed by atoms with Crippen LogP contribution in [0.4, 0.5) is 0 Å². The second-order valence-corrected chi connectivity index (χ2v) is 8.54. The number of carbonyl (C=O) groups is 1. The lowest BCUT2D eigenvalue weighted by Gasteiger charge is -2.26. The molecule has 1 aromatic heterocycles. The fraction of sp³-hybridized carbons (Fsp3) is 0.300. The van der Waals surface area contributed by atoms with Gasteiger partial charge in [0.2, 0.25) is 0 Å². The van der Waals surface area contributed by atoms with Gasteiger partial charge in [0.25, 0.3) is 5.91 Å². The fourth-order valence-electron chi connectivity index (χ4n) is 3.08. The van der Waals surface area contributed by atoms with E-state index >= 15 is 0 Å². The molecule has 4 rings (SSSR count). The van der Waals surface area contributed by atoms with Crippen LogP contribution in [0.3, 0.4) is 0 Å². The third-order valence-corrected chi connectivity index (χ3v) is 6.73. The smallest absolute Gasteiger partial charge is 0.253 e. The van der Waals surface area contributed by atoms with Crippen LogP contribution in [0.15, 0.2) is 52.9 Å². The van der Waals surface area contributed by atoms with Gasteiger partial charge in [0, 0.05) is 24.4 Å². The van der Waals surface area contributed by atoms with Crippen molar-refractivity contribution in [2.45, 2.75) is 29.4 Å². The third-order valence-electron chi connectivity index (χ3n) is 4.48. The number of hydrogen-bond donors (Lipinski definition) is 0. The predicted molar refractivity (Wildman–Crippen MR) is 105 cm³/mol. The number of aromatic nitrogens is 1. The zero-order valence-corrected chi connectivity index (χ0v) is 15.6. The fourth-order valence-corrected chi connectivity index (χ4v) is 5.11. The highest BCUT2D eigenvalue weighted by atomic mass is 32.2. The third kappa shape index (κ3) is 3.88. The van der Waals surface area contributed by atoms with E-state index in [9.17, 15) is 4.79 Å². The molecule has 1 aliphatic heterocycles. The first kappa shape index (κ1) is 16.6. The molecule has 3 nitrogen and oxygen atoms in total. The van der Waals surface area contributed by atoms with Crippen molar-refractivity contribution in [1.29, 1.82) is 0 Å². The Morgan fingerprint density at radius 3 is 2.56 bits per heavy atom. The Balaban J connectivity index is 1.39. The van der Waals surface area contributed by atoms with Crippen molar-refractivity contribution >= 4 is 39.2 Å². The number of fused-ring (bicyclic) bond motifs is 1. The Bertz CT molecular complexity index is 834. The number of nitrogens with zero attached hydrogens (tertiary/aromatic N) is 2. The van der Waals surface area contributed by atoms with Gasteiger partial charge in [-0.2, -0.15) is 0 Å². The van der Waals surface area contributed by atoms with E-state index < -0.39 is 0 Å². The van der Waals surface area contributed by atoms with Crippen LogP contribution in [0.1, 0.15) is 35.2 Å². The number of thiazole rings is 1. The van der Waals surface area contributed by atoms with Crippen LogP contribution >= 0.6 is 23.1 Å². The minimum Gasteiger partial charge on any atom is -0.339 e. The summed E-state index contributed by atoms with van der Waals surface area (Å²) in [7, 11) is 0. The summed E-state index contributed by atoms with van der Waals surface area (Å²) < 4.78 is 2.32. The lowest BCUT2D eigenvalue weighted by atomic mass is 10.1. The Hall–Kier alpha value is -1.85. The number of hydrogen-bond acceptors (Lipinski definition) is 4. The van der Waals surface area contributed by atoms with E-state index in [1.54, 1.807) is 23.1 Å². The van der Waals surface area contributed by atoms with Crippen LogP contribution in [-0.2, 0) is 5.75 Å². The van der Waals surface area contributed by atoms with Gasteiger partial charge >= 0.3 is 0 Å². The van der Waals surface area contributed by atoms with E-state index in [4.69, 9.17) is 0 Å². The Kier molecular flexibility index (Phi) is 5.04. The van der Waals surface area contributed by atoms with Gasteiger partial charge in [-0.3, -0.25) is 4.79 Å². The van der Waals surface area contributed by atoms with Crippen molar-refractivity contribution < 1.29 is 4.79 Å². The van der Waals surface area contributed by atoms with Gasteiger partial charge in [0.1, 0.15) is 0 Å². The van der Waals surface area contributed by atoms with Crippen molar-refractivity contribution in [2.24, 2.45) is 0 Å². The molecule has 5 heteroatoms. The topological polar surface area (TPSA) is 33.2 Å². The molecule has 25 heavy (non-hydrogen) atoms. The molecule has 1 fully saturated rings. The molecule has 0 saturated carbocycles. The van der Waals surface area contributed by atoms with E-state index in [0.717, 1.165) is 47.1 Å². The molecule has 0 bridgehead atoms. The van der Waals surface area contributed by atoms with Crippen molar-refractivity contribution in [3.05, 3.63) is 59.7 Å². The molecular weight excluding hydrogens is 348 g/mol. The van der Waals surface area contributed by atoms with Crippen molar-refractivity contribution in [1.82, 2.24) is 9.88 Å². The molecular formula is C20H20N2OS2. The summed E-state index contributed by atoms with van der Waals surface area (Å²) in [6.07, 6.45) is 3.50. The van der Waals surface area contributed by atoms with Crippen LogP contribution < -0.4 is 0 Å². The summed E-state index contributed by atoms with van der Waals surface area (Å²) in [5, 5.41) is 0. The van der Waals surface area contributed by atoms with Gasteiger partial charge in [-0.1, -0.05) is 36.0 Å². The first-order chi connectivity index (χ1) is 12.3. The Morgan fingerprint density at radius 2 is 1.80 bits per heavy atom.